The summed E-state index contributed by atoms with van der Waals surface area (Å²) < 4.78 is 1.96. The summed E-state index contributed by atoms with van der Waals surface area (Å²) >= 11 is 0. The van der Waals surface area contributed by atoms with Crippen molar-refractivity contribution in [1.29, 1.82) is 0 Å². The van der Waals surface area contributed by atoms with E-state index in [1.54, 1.807) is 0 Å². The van der Waals surface area contributed by atoms with Crippen LogP contribution in [0, 0.1) is 6.92 Å². The molecule has 0 aromatic carbocycles. The maximum atomic E-state index is 11.7. The number of fused-ring (bicyclic) bond motifs is 1. The normalized spacial score (nSPS) is 25.6. The summed E-state index contributed by atoms with van der Waals surface area (Å²) in [6.07, 6.45) is 8.45. The number of oxime groups is 1. The van der Waals surface area contributed by atoms with Crippen LogP contribution in [0.5, 0.6) is 0 Å². The van der Waals surface area contributed by atoms with Crippen molar-refractivity contribution in [2.24, 2.45) is 5.16 Å². The Morgan fingerprint density at radius 3 is 2.77 bits per heavy atom. The number of hydrogen-bond acceptors (Lipinski definition) is 6. The van der Waals surface area contributed by atoms with Gasteiger partial charge in [-0.2, -0.15) is 5.10 Å². The highest BCUT2D eigenvalue weighted by Crippen LogP contribution is 2.45. The van der Waals surface area contributed by atoms with Crippen LogP contribution in [0.1, 0.15) is 70.1 Å². The minimum Gasteiger partial charge on any atom is -0.388 e. The van der Waals surface area contributed by atoms with Crippen molar-refractivity contribution < 1.29 is 9.63 Å². The van der Waals surface area contributed by atoms with Crippen LogP contribution in [0.2, 0.25) is 0 Å². The highest BCUT2D eigenvalue weighted by Gasteiger charge is 2.51. The van der Waals surface area contributed by atoms with Crippen molar-refractivity contribution in [2.45, 2.75) is 89.9 Å². The van der Waals surface area contributed by atoms with Crippen LogP contribution >= 0.6 is 0 Å². The van der Waals surface area contributed by atoms with E-state index in [0.717, 1.165) is 59.5 Å². The Bertz CT molecular complexity index is 1020. The molecule has 0 bridgehead atoms. The Hall–Kier alpha value is -2.64. The molecule has 1 amide bonds. The van der Waals surface area contributed by atoms with E-state index < -0.39 is 0 Å². The van der Waals surface area contributed by atoms with Crippen LogP contribution < -0.4 is 10.6 Å². The fourth-order valence-electron chi connectivity index (χ4n) is 4.82. The Balaban J connectivity index is 1.42. The van der Waals surface area contributed by atoms with E-state index in [-0.39, 0.29) is 17.6 Å². The molecule has 2 N–H and O–H groups in total. The van der Waals surface area contributed by atoms with Crippen molar-refractivity contribution in [1.82, 2.24) is 20.1 Å². The van der Waals surface area contributed by atoms with Gasteiger partial charge in [-0.15, -0.1) is 0 Å². The molecule has 1 aliphatic heterocycles. The summed E-state index contributed by atoms with van der Waals surface area (Å²) in [6, 6.07) is 0.679. The molecule has 30 heavy (non-hydrogen) atoms. The zero-order chi connectivity index (χ0) is 20.9. The number of nitrogens with one attached hydrogen (secondary N) is 2. The van der Waals surface area contributed by atoms with Gasteiger partial charge in [0.05, 0.1) is 22.5 Å². The smallest absolute Gasteiger partial charge is 0.219 e. The standard InChI is InChI=1S/C22H30N6O2/c1-4-18(29)24-15-9-22(10-15)11-17(27-30-22)16-12-23-21-19(13(3)26-28(21)5-2)20(16)25-14-7-6-8-14/h12,14-15H,4-11H2,1-3H3,(H,23,25)(H,24,29). The molecule has 0 unspecified atom stereocenters. The van der Waals surface area contributed by atoms with Crippen LogP contribution in [0.15, 0.2) is 11.4 Å². The van der Waals surface area contributed by atoms with Gasteiger partial charge in [-0.1, -0.05) is 12.1 Å². The number of carbonyl (C=O) groups is 1. The molecule has 3 aliphatic rings. The maximum absolute atomic E-state index is 11.7. The predicted molar refractivity (Wildman–Crippen MR) is 116 cm³/mol. The van der Waals surface area contributed by atoms with Gasteiger partial charge in [-0.05, 0) is 33.1 Å². The van der Waals surface area contributed by atoms with E-state index in [2.05, 4.69) is 22.7 Å². The van der Waals surface area contributed by atoms with Gasteiger partial charge in [-0.25, -0.2) is 9.67 Å². The molecule has 8 heteroatoms. The number of pyridine rings is 1. The fraction of sp³-hybridized carbons (Fsp3) is 0.636. The van der Waals surface area contributed by atoms with E-state index >= 15 is 0 Å². The SMILES string of the molecule is CCC(=O)NC1CC2(CC(c3cnc4c(c(C)nn4CC)c3NC3CCC3)=NO2)C1. The van der Waals surface area contributed by atoms with Gasteiger partial charge >= 0.3 is 0 Å². The van der Waals surface area contributed by atoms with Crippen molar-refractivity contribution in [3.8, 4) is 0 Å². The first-order valence-corrected chi connectivity index (χ1v) is 11.2. The number of aryl methyl sites for hydroxylation is 2. The van der Waals surface area contributed by atoms with Gasteiger partial charge in [-0.3, -0.25) is 4.79 Å². The summed E-state index contributed by atoms with van der Waals surface area (Å²) in [4.78, 5) is 22.3. The van der Waals surface area contributed by atoms with Crippen molar-refractivity contribution in [3.63, 3.8) is 0 Å². The third kappa shape index (κ3) is 3.13. The van der Waals surface area contributed by atoms with Crippen LogP contribution in [-0.4, -0.2) is 44.1 Å². The molecule has 2 saturated carbocycles. The van der Waals surface area contributed by atoms with Crippen molar-refractivity contribution in [3.05, 3.63) is 17.5 Å². The lowest BCUT2D eigenvalue weighted by molar-refractivity contribution is -0.128. The van der Waals surface area contributed by atoms with Gasteiger partial charge in [0, 0.05) is 56.1 Å². The van der Waals surface area contributed by atoms with Crippen LogP contribution in [0.3, 0.4) is 0 Å². The second kappa shape index (κ2) is 7.25. The minimum atomic E-state index is -0.285. The van der Waals surface area contributed by atoms with Gasteiger partial charge in [0.25, 0.3) is 0 Å². The Labute approximate surface area is 176 Å². The second-order valence-electron chi connectivity index (χ2n) is 8.93. The van der Waals surface area contributed by atoms with E-state index in [1.165, 1.54) is 19.3 Å². The zero-order valence-electron chi connectivity index (χ0n) is 18.0. The van der Waals surface area contributed by atoms with E-state index in [0.29, 0.717) is 12.5 Å². The Morgan fingerprint density at radius 2 is 2.10 bits per heavy atom. The average Bonchev–Trinajstić information content (AvgIpc) is 3.26. The van der Waals surface area contributed by atoms with Gasteiger partial charge in [0.15, 0.2) is 5.65 Å². The number of rotatable bonds is 6. The molecular weight excluding hydrogens is 380 g/mol. The average molecular weight is 411 g/mol. The predicted octanol–water partition coefficient (Wildman–Crippen LogP) is 3.28. The second-order valence-corrected chi connectivity index (χ2v) is 8.93. The van der Waals surface area contributed by atoms with Crippen molar-refractivity contribution in [2.75, 3.05) is 5.32 Å². The van der Waals surface area contributed by atoms with Crippen LogP contribution in [0.4, 0.5) is 5.69 Å². The number of aromatic nitrogens is 3. The number of anilines is 1. The van der Waals surface area contributed by atoms with E-state index in [9.17, 15) is 4.79 Å². The first kappa shape index (κ1) is 19.3. The third-order valence-corrected chi connectivity index (χ3v) is 6.76. The van der Waals surface area contributed by atoms with Gasteiger partial charge in [0.1, 0.15) is 5.60 Å². The van der Waals surface area contributed by atoms with Crippen LogP contribution in [-0.2, 0) is 16.2 Å². The Morgan fingerprint density at radius 1 is 1.30 bits per heavy atom. The number of hydrogen-bond donors (Lipinski definition) is 2. The lowest BCUT2D eigenvalue weighted by Gasteiger charge is -2.42. The molecule has 0 atom stereocenters. The third-order valence-electron chi connectivity index (χ3n) is 6.76. The zero-order valence-corrected chi connectivity index (χ0v) is 18.0. The summed E-state index contributed by atoms with van der Waals surface area (Å²) in [6.45, 7) is 6.80. The number of amides is 1. The number of nitrogens with zero attached hydrogens (tertiary/aromatic N) is 4. The summed E-state index contributed by atoms with van der Waals surface area (Å²) in [5.74, 6) is 0.0963. The van der Waals surface area contributed by atoms with Gasteiger partial charge < -0.3 is 15.5 Å². The quantitative estimate of drug-likeness (QED) is 0.762. The molecular formula is C22H30N6O2. The highest BCUT2D eigenvalue weighted by atomic mass is 16.7. The van der Waals surface area contributed by atoms with Crippen LogP contribution in [0.25, 0.3) is 11.0 Å². The molecule has 1 spiro atoms. The molecule has 3 heterocycles. The van der Waals surface area contributed by atoms with E-state index in [1.807, 2.05) is 24.7 Å². The molecule has 2 aliphatic carbocycles. The summed E-state index contributed by atoms with van der Waals surface area (Å²) in [7, 11) is 0. The minimum absolute atomic E-state index is 0.0963. The van der Waals surface area contributed by atoms with E-state index in [4.69, 9.17) is 14.9 Å². The Kier molecular flexibility index (Phi) is 4.67. The molecule has 0 radical (unpaired) electrons. The maximum Gasteiger partial charge on any atom is 0.219 e. The molecule has 2 aromatic heterocycles. The largest absolute Gasteiger partial charge is 0.388 e. The van der Waals surface area contributed by atoms with Gasteiger partial charge in [0.2, 0.25) is 5.91 Å². The molecule has 2 aromatic rings. The topological polar surface area (TPSA) is 93.4 Å². The summed E-state index contributed by atoms with van der Waals surface area (Å²) in [5.41, 5.74) is 4.67. The lowest BCUT2D eigenvalue weighted by atomic mass is 9.72. The first-order chi connectivity index (χ1) is 14.5. The van der Waals surface area contributed by atoms with Crippen molar-refractivity contribution >= 4 is 28.3 Å². The highest BCUT2D eigenvalue weighted by molar-refractivity contribution is 6.11. The molecule has 2 fully saturated rings. The summed E-state index contributed by atoms with van der Waals surface area (Å²) in [5, 5.41) is 17.1. The fourth-order valence-corrected chi connectivity index (χ4v) is 4.82. The molecule has 0 saturated heterocycles. The lowest BCUT2D eigenvalue weighted by Crippen LogP contribution is -2.55. The molecule has 160 valence electrons. The first-order valence-electron chi connectivity index (χ1n) is 11.2. The molecule has 8 nitrogen and oxygen atoms in total. The molecule has 5 rings (SSSR count). The monoisotopic (exact) mass is 410 g/mol. The number of carbonyl (C=O) groups excluding carboxylic acids is 1.